The molecule has 0 unspecified atom stereocenters. The van der Waals surface area contributed by atoms with Crippen LogP contribution in [-0.4, -0.2) is 26.8 Å². The summed E-state index contributed by atoms with van der Waals surface area (Å²) in [5.74, 6) is -2.78. The van der Waals surface area contributed by atoms with Gasteiger partial charge in [0.05, 0.1) is 34.5 Å². The summed E-state index contributed by atoms with van der Waals surface area (Å²) < 4.78 is 28.9. The van der Waals surface area contributed by atoms with E-state index in [2.05, 4.69) is 31.8 Å². The Morgan fingerprint density at radius 3 is 2.76 bits per heavy atom. The molecular formula is C16H19F2N7. The fourth-order valence-electron chi connectivity index (χ4n) is 2.69. The topological polar surface area (TPSA) is 91.5 Å². The number of hydrogen-bond donors (Lipinski definition) is 2. The third kappa shape index (κ3) is 3.12. The van der Waals surface area contributed by atoms with Crippen molar-refractivity contribution < 1.29 is 8.78 Å². The first-order valence-corrected chi connectivity index (χ1v) is 7.85. The quantitative estimate of drug-likeness (QED) is 0.862. The lowest BCUT2D eigenvalue weighted by Crippen LogP contribution is -2.13. The van der Waals surface area contributed by atoms with Gasteiger partial charge in [0, 0.05) is 26.4 Å². The van der Waals surface area contributed by atoms with Crippen LogP contribution in [0.4, 0.5) is 26.2 Å². The van der Waals surface area contributed by atoms with Crippen molar-refractivity contribution >= 4 is 17.5 Å². The van der Waals surface area contributed by atoms with Crippen molar-refractivity contribution in [3.8, 4) is 6.07 Å². The zero-order valence-electron chi connectivity index (χ0n) is 14.4. The summed E-state index contributed by atoms with van der Waals surface area (Å²) in [6.07, 6.45) is 3.65. The standard InChI is InChI=1S/C16H19F2N7/c1-9-11(7-25(24-9)12-5-15(12,2)8-19)22-14-21-6-10(16(3,17)18)13(20-4)23-14/h6-7,12H,5H2,1-4H3,(H2,20,21,22,23)/t12-,15-/m1/s1. The van der Waals surface area contributed by atoms with Crippen LogP contribution in [0.25, 0.3) is 0 Å². The molecule has 1 saturated carbocycles. The van der Waals surface area contributed by atoms with Crippen LogP contribution in [0.15, 0.2) is 12.4 Å². The second kappa shape index (κ2) is 5.65. The number of anilines is 3. The number of halogens is 2. The molecule has 0 aromatic carbocycles. The van der Waals surface area contributed by atoms with Gasteiger partial charge in [-0.25, -0.2) is 13.8 Å². The van der Waals surface area contributed by atoms with Crippen LogP contribution in [0.1, 0.15) is 37.6 Å². The van der Waals surface area contributed by atoms with Crippen molar-refractivity contribution in [3.05, 3.63) is 23.7 Å². The molecule has 132 valence electrons. The molecule has 3 rings (SSSR count). The lowest BCUT2D eigenvalue weighted by molar-refractivity contribution is 0.0176. The Balaban J connectivity index is 1.84. The van der Waals surface area contributed by atoms with Crippen LogP contribution in [0.5, 0.6) is 0 Å². The van der Waals surface area contributed by atoms with Crippen molar-refractivity contribution in [1.82, 2.24) is 19.7 Å². The number of nitrogens with one attached hydrogen (secondary N) is 2. The summed E-state index contributed by atoms with van der Waals surface area (Å²) in [5, 5.41) is 19.3. The summed E-state index contributed by atoms with van der Waals surface area (Å²) >= 11 is 0. The third-order valence-electron chi connectivity index (χ3n) is 4.43. The zero-order valence-corrected chi connectivity index (χ0v) is 14.4. The smallest absolute Gasteiger partial charge is 0.275 e. The number of nitriles is 1. The fourth-order valence-corrected chi connectivity index (χ4v) is 2.69. The van der Waals surface area contributed by atoms with E-state index in [-0.39, 0.29) is 28.8 Å². The van der Waals surface area contributed by atoms with E-state index < -0.39 is 5.92 Å². The molecule has 1 aliphatic carbocycles. The summed E-state index contributed by atoms with van der Waals surface area (Å²) in [6, 6.07) is 2.34. The third-order valence-corrected chi connectivity index (χ3v) is 4.43. The van der Waals surface area contributed by atoms with Gasteiger partial charge in [-0.15, -0.1) is 0 Å². The first kappa shape index (κ1) is 17.1. The van der Waals surface area contributed by atoms with Gasteiger partial charge in [-0.3, -0.25) is 4.68 Å². The molecule has 0 saturated heterocycles. The van der Waals surface area contributed by atoms with Crippen LogP contribution in [0.3, 0.4) is 0 Å². The fraction of sp³-hybridized carbons (Fsp3) is 0.500. The highest BCUT2D eigenvalue weighted by atomic mass is 19.3. The second-order valence-corrected chi connectivity index (χ2v) is 6.58. The van der Waals surface area contributed by atoms with Crippen molar-refractivity contribution in [1.29, 1.82) is 5.26 Å². The van der Waals surface area contributed by atoms with E-state index >= 15 is 0 Å². The molecule has 2 aromatic rings. The largest absolute Gasteiger partial charge is 0.373 e. The van der Waals surface area contributed by atoms with Gasteiger partial charge in [0.1, 0.15) is 5.82 Å². The minimum atomic E-state index is -3.04. The van der Waals surface area contributed by atoms with Gasteiger partial charge in [-0.2, -0.15) is 15.3 Å². The van der Waals surface area contributed by atoms with E-state index in [1.165, 1.54) is 7.05 Å². The van der Waals surface area contributed by atoms with E-state index in [4.69, 9.17) is 5.26 Å². The van der Waals surface area contributed by atoms with Crippen LogP contribution < -0.4 is 10.6 Å². The highest BCUT2D eigenvalue weighted by molar-refractivity contribution is 5.58. The van der Waals surface area contributed by atoms with E-state index in [9.17, 15) is 8.78 Å². The number of alkyl halides is 2. The molecule has 0 bridgehead atoms. The maximum Gasteiger partial charge on any atom is 0.275 e. The predicted molar refractivity (Wildman–Crippen MR) is 88.8 cm³/mol. The van der Waals surface area contributed by atoms with Gasteiger partial charge in [0.25, 0.3) is 5.92 Å². The summed E-state index contributed by atoms with van der Waals surface area (Å²) in [7, 11) is 1.53. The highest BCUT2D eigenvalue weighted by Crippen LogP contribution is 2.55. The maximum absolute atomic E-state index is 13.6. The first-order valence-electron chi connectivity index (χ1n) is 7.85. The predicted octanol–water partition coefficient (Wildman–Crippen LogP) is 3.35. The minimum absolute atomic E-state index is 0.0432. The van der Waals surface area contributed by atoms with Crippen molar-refractivity contribution in [2.45, 2.75) is 39.2 Å². The Kier molecular flexibility index (Phi) is 3.86. The molecule has 0 aliphatic heterocycles. The van der Waals surface area contributed by atoms with E-state index in [1.54, 1.807) is 10.9 Å². The molecule has 7 nitrogen and oxygen atoms in total. The van der Waals surface area contributed by atoms with Crippen molar-refractivity contribution in [2.75, 3.05) is 17.7 Å². The Bertz CT molecular complexity index is 849. The monoisotopic (exact) mass is 347 g/mol. The Morgan fingerprint density at radius 2 is 2.20 bits per heavy atom. The molecule has 0 amide bonds. The molecule has 2 heterocycles. The Morgan fingerprint density at radius 1 is 1.48 bits per heavy atom. The lowest BCUT2D eigenvalue weighted by atomic mass is 10.2. The molecule has 1 aliphatic rings. The Hall–Kier alpha value is -2.76. The number of aromatic nitrogens is 4. The van der Waals surface area contributed by atoms with E-state index in [1.807, 2.05) is 13.8 Å². The molecular weight excluding hydrogens is 328 g/mol. The number of rotatable bonds is 5. The van der Waals surface area contributed by atoms with Crippen LogP contribution in [-0.2, 0) is 5.92 Å². The lowest BCUT2D eigenvalue weighted by Gasteiger charge is -2.15. The van der Waals surface area contributed by atoms with Crippen LogP contribution in [0.2, 0.25) is 0 Å². The summed E-state index contributed by atoms with van der Waals surface area (Å²) in [6.45, 7) is 4.52. The molecule has 0 radical (unpaired) electrons. The van der Waals surface area contributed by atoms with Crippen LogP contribution >= 0.6 is 0 Å². The zero-order chi connectivity index (χ0) is 18.4. The number of nitrogens with zero attached hydrogens (tertiary/aromatic N) is 5. The van der Waals surface area contributed by atoms with Gasteiger partial charge < -0.3 is 10.6 Å². The molecule has 9 heteroatoms. The molecule has 25 heavy (non-hydrogen) atoms. The van der Waals surface area contributed by atoms with Gasteiger partial charge in [0.15, 0.2) is 0 Å². The van der Waals surface area contributed by atoms with Gasteiger partial charge >= 0.3 is 0 Å². The molecule has 2 aromatic heterocycles. The highest BCUT2D eigenvalue weighted by Gasteiger charge is 2.53. The van der Waals surface area contributed by atoms with Crippen molar-refractivity contribution in [2.24, 2.45) is 5.41 Å². The van der Waals surface area contributed by atoms with Crippen LogP contribution in [0, 0.1) is 23.7 Å². The van der Waals surface area contributed by atoms with Gasteiger partial charge in [-0.05, 0) is 20.3 Å². The molecule has 2 N–H and O–H groups in total. The average Bonchev–Trinajstić information content (AvgIpc) is 3.12. The number of aryl methyl sites for hydroxylation is 1. The van der Waals surface area contributed by atoms with E-state index in [0.29, 0.717) is 11.4 Å². The van der Waals surface area contributed by atoms with Gasteiger partial charge in [-0.1, -0.05) is 0 Å². The second-order valence-electron chi connectivity index (χ2n) is 6.58. The minimum Gasteiger partial charge on any atom is -0.373 e. The summed E-state index contributed by atoms with van der Waals surface area (Å²) in [5.41, 5.74) is 0.729. The van der Waals surface area contributed by atoms with Gasteiger partial charge in [0.2, 0.25) is 5.95 Å². The molecule has 2 atom stereocenters. The van der Waals surface area contributed by atoms with Crippen molar-refractivity contribution in [3.63, 3.8) is 0 Å². The van der Waals surface area contributed by atoms with E-state index in [0.717, 1.165) is 19.5 Å². The maximum atomic E-state index is 13.6. The SMILES string of the molecule is CNc1nc(Nc2cn([C@@H]3C[C@]3(C)C#N)nc2C)ncc1C(C)(F)F. The summed E-state index contributed by atoms with van der Waals surface area (Å²) in [4.78, 5) is 8.08. The Labute approximate surface area is 144 Å². The normalized spacial score (nSPS) is 22.4. The first-order chi connectivity index (χ1) is 11.7. The number of hydrogen-bond acceptors (Lipinski definition) is 6. The molecule has 1 fully saturated rings. The average molecular weight is 347 g/mol. The molecule has 0 spiro atoms.